The van der Waals surface area contributed by atoms with Crippen LogP contribution in [-0.4, -0.2) is 11.5 Å². The van der Waals surface area contributed by atoms with Gasteiger partial charge in [-0.05, 0) is 19.4 Å². The molecule has 5 heteroatoms. The van der Waals surface area contributed by atoms with Crippen molar-refractivity contribution in [3.63, 3.8) is 0 Å². The second kappa shape index (κ2) is 5.09. The first-order chi connectivity index (χ1) is 6.79. The first kappa shape index (κ1) is 11.9. The Balaban J connectivity index is 0.00000112. The van der Waals surface area contributed by atoms with Gasteiger partial charge in [-0.25, -0.2) is 0 Å². The minimum absolute atomic E-state index is 0. The third-order valence-corrected chi connectivity index (χ3v) is 2.57. The van der Waals surface area contributed by atoms with Crippen molar-refractivity contribution < 1.29 is 4.92 Å². The van der Waals surface area contributed by atoms with Gasteiger partial charge < -0.3 is 5.32 Å². The first-order valence-corrected chi connectivity index (χ1v) is 4.76. The van der Waals surface area contributed by atoms with E-state index >= 15 is 0 Å². The van der Waals surface area contributed by atoms with Crippen LogP contribution < -0.4 is 5.32 Å². The molecule has 2 rings (SSSR count). The summed E-state index contributed by atoms with van der Waals surface area (Å²) < 4.78 is 0. The minimum atomic E-state index is -0.310. The predicted octanol–water partition coefficient (Wildman–Crippen LogP) is 2.44. The summed E-state index contributed by atoms with van der Waals surface area (Å²) in [5, 5.41) is 14.0. The van der Waals surface area contributed by atoms with E-state index in [1.165, 1.54) is 0 Å². The lowest BCUT2D eigenvalue weighted by Crippen LogP contribution is -2.14. The van der Waals surface area contributed by atoms with Crippen LogP contribution in [0.1, 0.15) is 24.4 Å². The van der Waals surface area contributed by atoms with Crippen LogP contribution in [0.2, 0.25) is 0 Å². The largest absolute Gasteiger partial charge is 0.310 e. The Morgan fingerprint density at radius 3 is 2.73 bits per heavy atom. The molecule has 1 aromatic carbocycles. The molecule has 0 unspecified atom stereocenters. The highest BCUT2D eigenvalue weighted by Crippen LogP contribution is 2.29. The molecule has 1 atom stereocenters. The molecular formula is C10H13ClN2O2. The van der Waals surface area contributed by atoms with Gasteiger partial charge >= 0.3 is 0 Å². The van der Waals surface area contributed by atoms with Crippen LogP contribution in [0.15, 0.2) is 24.3 Å². The van der Waals surface area contributed by atoms with Gasteiger partial charge in [0.25, 0.3) is 5.69 Å². The van der Waals surface area contributed by atoms with Gasteiger partial charge in [0.15, 0.2) is 0 Å². The number of benzene rings is 1. The van der Waals surface area contributed by atoms with Crippen molar-refractivity contribution in [3.05, 3.63) is 39.9 Å². The molecular weight excluding hydrogens is 216 g/mol. The molecule has 82 valence electrons. The van der Waals surface area contributed by atoms with Gasteiger partial charge in [-0.1, -0.05) is 18.2 Å². The fourth-order valence-corrected chi connectivity index (χ4v) is 1.90. The van der Waals surface area contributed by atoms with Crippen LogP contribution in [0.5, 0.6) is 0 Å². The number of nitro groups is 1. The Morgan fingerprint density at radius 2 is 2.13 bits per heavy atom. The third kappa shape index (κ3) is 2.46. The molecule has 0 radical (unpaired) electrons. The van der Waals surface area contributed by atoms with E-state index in [-0.39, 0.29) is 29.1 Å². The fraction of sp³-hybridized carbons (Fsp3) is 0.400. The number of hydrogen-bond acceptors (Lipinski definition) is 3. The van der Waals surface area contributed by atoms with Crippen molar-refractivity contribution >= 4 is 18.1 Å². The molecule has 15 heavy (non-hydrogen) atoms. The average Bonchev–Trinajstić information content (AvgIpc) is 2.70. The summed E-state index contributed by atoms with van der Waals surface area (Å²) >= 11 is 0. The first-order valence-electron chi connectivity index (χ1n) is 4.76. The predicted molar refractivity (Wildman–Crippen MR) is 60.3 cm³/mol. The molecule has 1 N–H and O–H groups in total. The molecule has 0 aliphatic carbocycles. The number of rotatable bonds is 2. The van der Waals surface area contributed by atoms with Gasteiger partial charge in [0.1, 0.15) is 0 Å². The van der Waals surface area contributed by atoms with E-state index in [2.05, 4.69) is 5.32 Å². The molecule has 0 saturated carbocycles. The Kier molecular flexibility index (Phi) is 4.05. The zero-order valence-corrected chi connectivity index (χ0v) is 9.00. The fourth-order valence-electron chi connectivity index (χ4n) is 1.90. The SMILES string of the molecule is Cl.O=[N+]([O-])c1ccccc1[C@@H]1CCCN1. The van der Waals surface area contributed by atoms with Crippen molar-refractivity contribution in [2.75, 3.05) is 6.54 Å². The average molecular weight is 229 g/mol. The second-order valence-electron chi connectivity index (χ2n) is 3.46. The van der Waals surface area contributed by atoms with Crippen molar-refractivity contribution in [2.24, 2.45) is 0 Å². The quantitative estimate of drug-likeness (QED) is 0.625. The summed E-state index contributed by atoms with van der Waals surface area (Å²) in [7, 11) is 0. The molecule has 1 heterocycles. The van der Waals surface area contributed by atoms with Crippen LogP contribution in [0.4, 0.5) is 5.69 Å². The minimum Gasteiger partial charge on any atom is -0.310 e. The van der Waals surface area contributed by atoms with E-state index in [1.807, 2.05) is 12.1 Å². The molecule has 0 bridgehead atoms. The summed E-state index contributed by atoms with van der Waals surface area (Å²) in [5.41, 5.74) is 1.04. The van der Waals surface area contributed by atoms with Crippen molar-refractivity contribution in [3.8, 4) is 0 Å². The van der Waals surface area contributed by atoms with Crippen LogP contribution in [-0.2, 0) is 0 Å². The van der Waals surface area contributed by atoms with Gasteiger partial charge in [0.2, 0.25) is 0 Å². The van der Waals surface area contributed by atoms with E-state index in [9.17, 15) is 10.1 Å². The van der Waals surface area contributed by atoms with E-state index in [4.69, 9.17) is 0 Å². The number of nitrogens with one attached hydrogen (secondary N) is 1. The number of para-hydroxylation sites is 1. The summed E-state index contributed by atoms with van der Waals surface area (Å²) in [6, 6.07) is 7.12. The van der Waals surface area contributed by atoms with Crippen molar-refractivity contribution in [1.29, 1.82) is 0 Å². The van der Waals surface area contributed by atoms with E-state index < -0.39 is 0 Å². The molecule has 1 fully saturated rings. The zero-order chi connectivity index (χ0) is 9.97. The lowest BCUT2D eigenvalue weighted by molar-refractivity contribution is -0.385. The number of halogens is 1. The summed E-state index contributed by atoms with van der Waals surface area (Å²) in [4.78, 5) is 10.4. The molecule has 1 saturated heterocycles. The number of nitro benzene ring substituents is 1. The summed E-state index contributed by atoms with van der Waals surface area (Å²) in [5.74, 6) is 0. The van der Waals surface area contributed by atoms with Crippen molar-refractivity contribution in [2.45, 2.75) is 18.9 Å². The molecule has 4 nitrogen and oxygen atoms in total. The Labute approximate surface area is 94.2 Å². The lowest BCUT2D eigenvalue weighted by atomic mass is 10.0. The maximum atomic E-state index is 10.8. The molecule has 1 aromatic rings. The monoisotopic (exact) mass is 228 g/mol. The Bertz CT molecular complexity index is 351. The number of hydrogen-bond donors (Lipinski definition) is 1. The summed E-state index contributed by atoms with van der Waals surface area (Å²) in [6.45, 7) is 0.955. The molecule has 0 aromatic heterocycles. The third-order valence-electron chi connectivity index (χ3n) is 2.57. The Morgan fingerprint density at radius 1 is 1.40 bits per heavy atom. The smallest absolute Gasteiger partial charge is 0.274 e. The lowest BCUT2D eigenvalue weighted by Gasteiger charge is -2.10. The van der Waals surface area contributed by atoms with Crippen LogP contribution in [0, 0.1) is 10.1 Å². The topological polar surface area (TPSA) is 55.2 Å². The standard InChI is InChI=1S/C10H12N2O2.ClH/c13-12(14)10-6-2-1-4-8(10)9-5-3-7-11-9;/h1-2,4,6,9,11H,3,5,7H2;1H/t9-;/m0./s1. The maximum absolute atomic E-state index is 10.8. The highest BCUT2D eigenvalue weighted by Gasteiger charge is 2.23. The number of nitrogens with zero attached hydrogens (tertiary/aromatic N) is 1. The normalized spacial score (nSPS) is 19.6. The van der Waals surface area contributed by atoms with E-state index in [0.717, 1.165) is 24.9 Å². The van der Waals surface area contributed by atoms with Crippen LogP contribution in [0.3, 0.4) is 0 Å². The van der Waals surface area contributed by atoms with Crippen molar-refractivity contribution in [1.82, 2.24) is 5.32 Å². The van der Waals surface area contributed by atoms with Gasteiger partial charge in [0, 0.05) is 17.7 Å². The van der Waals surface area contributed by atoms with E-state index in [0.29, 0.717) is 0 Å². The molecule has 1 aliphatic heterocycles. The second-order valence-corrected chi connectivity index (χ2v) is 3.46. The van der Waals surface area contributed by atoms with Gasteiger partial charge in [-0.2, -0.15) is 0 Å². The zero-order valence-electron chi connectivity index (χ0n) is 8.18. The van der Waals surface area contributed by atoms with Gasteiger partial charge in [0.05, 0.1) is 4.92 Å². The summed E-state index contributed by atoms with van der Waals surface area (Å²) in [6.07, 6.45) is 2.08. The van der Waals surface area contributed by atoms with Gasteiger partial charge in [-0.15, -0.1) is 12.4 Å². The van der Waals surface area contributed by atoms with Gasteiger partial charge in [-0.3, -0.25) is 10.1 Å². The maximum Gasteiger partial charge on any atom is 0.274 e. The van der Waals surface area contributed by atoms with Crippen LogP contribution in [0.25, 0.3) is 0 Å². The Hall–Kier alpha value is -1.13. The van der Waals surface area contributed by atoms with Crippen LogP contribution >= 0.6 is 12.4 Å². The van der Waals surface area contributed by atoms with E-state index in [1.54, 1.807) is 12.1 Å². The molecule has 1 aliphatic rings. The molecule has 0 spiro atoms. The molecule has 0 amide bonds. The highest BCUT2D eigenvalue weighted by molar-refractivity contribution is 5.85. The highest BCUT2D eigenvalue weighted by atomic mass is 35.5.